The third-order valence-corrected chi connectivity index (χ3v) is 5.58. The molecule has 0 aliphatic heterocycles. The molecule has 1 aliphatic carbocycles. The van der Waals surface area contributed by atoms with E-state index in [9.17, 15) is 23.3 Å². The van der Waals surface area contributed by atoms with Gasteiger partial charge >= 0.3 is 0 Å². The molecule has 0 saturated carbocycles. The molecule has 0 radical (unpaired) electrons. The van der Waals surface area contributed by atoms with Crippen molar-refractivity contribution < 1.29 is 18.1 Å². The molecule has 0 aromatic heterocycles. The van der Waals surface area contributed by atoms with Crippen LogP contribution in [0.3, 0.4) is 0 Å². The van der Waals surface area contributed by atoms with Gasteiger partial charge in [-0.15, -0.1) is 0 Å². The van der Waals surface area contributed by atoms with Crippen LogP contribution >= 0.6 is 0 Å². The lowest BCUT2D eigenvalue weighted by Gasteiger charge is -2.30. The van der Waals surface area contributed by atoms with E-state index in [2.05, 4.69) is 4.40 Å². The van der Waals surface area contributed by atoms with Crippen LogP contribution in [0, 0.1) is 20.9 Å². The predicted molar refractivity (Wildman–Crippen MR) is 108 cm³/mol. The highest BCUT2D eigenvalue weighted by molar-refractivity contribution is 7.90. The first-order valence-electron chi connectivity index (χ1n) is 8.71. The van der Waals surface area contributed by atoms with Crippen molar-refractivity contribution in [3.63, 3.8) is 0 Å². The third kappa shape index (κ3) is 4.62. The lowest BCUT2D eigenvalue weighted by atomic mass is 9.72. The van der Waals surface area contributed by atoms with Gasteiger partial charge in [0.15, 0.2) is 5.78 Å². The van der Waals surface area contributed by atoms with Crippen LogP contribution in [0.25, 0.3) is 0 Å². The van der Waals surface area contributed by atoms with Gasteiger partial charge in [0.1, 0.15) is 0 Å². The van der Waals surface area contributed by atoms with E-state index in [4.69, 9.17) is 0 Å². The maximum atomic E-state index is 12.9. The minimum Gasteiger partial charge on any atom is -0.289 e. The number of nitro groups is 1. The molecule has 0 atom stereocenters. The van der Waals surface area contributed by atoms with E-state index in [1.165, 1.54) is 12.2 Å². The molecule has 0 unspecified atom stereocenters. The summed E-state index contributed by atoms with van der Waals surface area (Å²) in [5.41, 5.74) is -0.0536. The van der Waals surface area contributed by atoms with Gasteiger partial charge in [-0.05, 0) is 35.1 Å². The molecule has 0 saturated heterocycles. The summed E-state index contributed by atoms with van der Waals surface area (Å²) >= 11 is 0. The standard InChI is InChI=1S/C20H24N2O5S/c1-19(2,3)16-11-13(12-17(18(16)23)20(4,5)6)21-28(26,27)15-9-7-14(8-10-15)22(24)25/h7-12H,1-6H3. The van der Waals surface area contributed by atoms with Crippen LogP contribution < -0.4 is 0 Å². The maximum Gasteiger partial charge on any atom is 0.282 e. The molecule has 0 amide bonds. The Labute approximate surface area is 165 Å². The molecule has 1 aromatic rings. The number of Topliss-reactive ketones (excluding diaryl/α,β-unsaturated/α-hetero) is 1. The average Bonchev–Trinajstić information content (AvgIpc) is 2.54. The van der Waals surface area contributed by atoms with Crippen molar-refractivity contribution in [1.29, 1.82) is 0 Å². The second kappa shape index (κ2) is 7.09. The molecule has 7 nitrogen and oxygen atoms in total. The summed E-state index contributed by atoms with van der Waals surface area (Å²) in [6, 6.07) is 4.52. The monoisotopic (exact) mass is 404 g/mol. The Bertz CT molecular complexity index is 980. The second-order valence-corrected chi connectivity index (χ2v) is 10.3. The Morgan fingerprint density at radius 2 is 1.32 bits per heavy atom. The minimum absolute atomic E-state index is 0.119. The molecule has 0 fully saturated rings. The average molecular weight is 404 g/mol. The zero-order valence-corrected chi connectivity index (χ0v) is 17.6. The van der Waals surface area contributed by atoms with Crippen LogP contribution in [0.5, 0.6) is 0 Å². The molecule has 0 bridgehead atoms. The van der Waals surface area contributed by atoms with E-state index < -0.39 is 25.8 Å². The molecule has 1 aliphatic rings. The molecule has 0 heterocycles. The normalized spacial score (nSPS) is 15.8. The van der Waals surface area contributed by atoms with E-state index in [-0.39, 0.29) is 22.1 Å². The first-order valence-corrected chi connectivity index (χ1v) is 10.2. The number of ketones is 1. The van der Waals surface area contributed by atoms with E-state index in [1.54, 1.807) is 0 Å². The Balaban J connectivity index is 2.60. The first kappa shape index (κ1) is 21.7. The van der Waals surface area contributed by atoms with Crippen LogP contribution in [0.15, 0.2) is 56.9 Å². The van der Waals surface area contributed by atoms with E-state index in [0.717, 1.165) is 24.3 Å². The van der Waals surface area contributed by atoms with Gasteiger partial charge in [0.2, 0.25) is 0 Å². The Morgan fingerprint density at radius 3 is 1.68 bits per heavy atom. The van der Waals surface area contributed by atoms with Gasteiger partial charge in [-0.25, -0.2) is 0 Å². The van der Waals surface area contributed by atoms with Crippen molar-refractivity contribution in [2.45, 2.75) is 46.4 Å². The molecular formula is C20H24N2O5S. The Morgan fingerprint density at radius 1 is 0.893 bits per heavy atom. The molecule has 8 heteroatoms. The van der Waals surface area contributed by atoms with Crippen LogP contribution in [-0.4, -0.2) is 24.8 Å². The number of carbonyl (C=O) groups excluding carboxylic acids is 1. The zero-order chi connectivity index (χ0) is 21.5. The second-order valence-electron chi connectivity index (χ2n) is 8.69. The van der Waals surface area contributed by atoms with Crippen molar-refractivity contribution in [3.8, 4) is 0 Å². The van der Waals surface area contributed by atoms with Gasteiger partial charge in [0, 0.05) is 23.3 Å². The Hall–Kier alpha value is -2.61. The van der Waals surface area contributed by atoms with Crippen molar-refractivity contribution in [2.24, 2.45) is 15.2 Å². The highest BCUT2D eigenvalue weighted by Gasteiger charge is 2.34. The lowest BCUT2D eigenvalue weighted by Crippen LogP contribution is -2.29. The molecule has 28 heavy (non-hydrogen) atoms. The van der Waals surface area contributed by atoms with Crippen LogP contribution in [0.2, 0.25) is 0 Å². The number of benzene rings is 1. The van der Waals surface area contributed by atoms with Crippen molar-refractivity contribution in [1.82, 2.24) is 0 Å². The van der Waals surface area contributed by atoms with Gasteiger partial charge in [0.05, 0.1) is 15.5 Å². The molecule has 0 N–H and O–H groups in total. The number of hydrogen-bond donors (Lipinski definition) is 0. The van der Waals surface area contributed by atoms with Crippen LogP contribution in [0.1, 0.15) is 41.5 Å². The van der Waals surface area contributed by atoms with Crippen molar-refractivity contribution >= 4 is 27.2 Å². The number of nitro benzene ring substituents is 1. The summed E-state index contributed by atoms with van der Waals surface area (Å²) in [4.78, 5) is 22.9. The van der Waals surface area contributed by atoms with E-state index >= 15 is 0 Å². The largest absolute Gasteiger partial charge is 0.289 e. The molecule has 150 valence electrons. The summed E-state index contributed by atoms with van der Waals surface area (Å²) < 4.78 is 29.2. The third-order valence-electron chi connectivity index (χ3n) is 4.26. The number of sulfonamides is 1. The maximum absolute atomic E-state index is 12.9. The number of carbonyl (C=O) groups is 1. The van der Waals surface area contributed by atoms with Gasteiger partial charge in [0.25, 0.3) is 15.7 Å². The van der Waals surface area contributed by atoms with Gasteiger partial charge in [-0.2, -0.15) is 12.8 Å². The van der Waals surface area contributed by atoms with Crippen molar-refractivity contribution in [3.05, 3.63) is 57.7 Å². The number of nitrogens with zero attached hydrogens (tertiary/aromatic N) is 2. The highest BCUT2D eigenvalue weighted by Crippen LogP contribution is 2.37. The molecule has 0 spiro atoms. The highest BCUT2D eigenvalue weighted by atomic mass is 32.2. The zero-order valence-electron chi connectivity index (χ0n) is 16.8. The number of allylic oxidation sites excluding steroid dienone is 4. The fourth-order valence-corrected chi connectivity index (χ4v) is 3.68. The fraction of sp³-hybridized carbons (Fsp3) is 0.400. The SMILES string of the molecule is CC(C)(C)C1=CC(=NS(=O)(=O)c2ccc([N+](=O)[O-])cc2)C=C(C(C)(C)C)C1=O. The minimum atomic E-state index is -4.09. The summed E-state index contributed by atoms with van der Waals surface area (Å²) in [5, 5.41) is 10.8. The van der Waals surface area contributed by atoms with Gasteiger partial charge in [-0.3, -0.25) is 14.9 Å². The van der Waals surface area contributed by atoms with Crippen LogP contribution in [0.4, 0.5) is 5.69 Å². The van der Waals surface area contributed by atoms with Crippen LogP contribution in [-0.2, 0) is 14.8 Å². The summed E-state index contributed by atoms with van der Waals surface area (Å²) in [6.45, 7) is 11.3. The Kier molecular flexibility index (Phi) is 5.49. The van der Waals surface area contributed by atoms with E-state index in [1.807, 2.05) is 41.5 Å². The number of rotatable bonds is 3. The first-order chi connectivity index (χ1) is 12.6. The summed E-state index contributed by atoms with van der Waals surface area (Å²) in [5.74, 6) is -0.119. The van der Waals surface area contributed by atoms with Gasteiger partial charge in [-0.1, -0.05) is 41.5 Å². The van der Waals surface area contributed by atoms with E-state index in [0.29, 0.717) is 11.1 Å². The topological polar surface area (TPSA) is 107 Å². The molecule has 2 rings (SSSR count). The quantitative estimate of drug-likeness (QED) is 0.425. The van der Waals surface area contributed by atoms with Crippen molar-refractivity contribution in [2.75, 3.05) is 0 Å². The predicted octanol–water partition coefficient (Wildman–Crippen LogP) is 4.25. The van der Waals surface area contributed by atoms with Gasteiger partial charge < -0.3 is 0 Å². The molecule has 1 aromatic carbocycles. The number of non-ortho nitro benzene ring substituents is 1. The smallest absolute Gasteiger partial charge is 0.282 e. The fourth-order valence-electron chi connectivity index (χ4n) is 2.71. The summed E-state index contributed by atoms with van der Waals surface area (Å²) in [6.07, 6.45) is 3.00. The lowest BCUT2D eigenvalue weighted by molar-refractivity contribution is -0.384. The molecular weight excluding hydrogens is 380 g/mol. The number of hydrogen-bond acceptors (Lipinski definition) is 5. The summed E-state index contributed by atoms with van der Waals surface area (Å²) in [7, 11) is -4.09.